The van der Waals surface area contributed by atoms with Crippen LogP contribution in [0.2, 0.25) is 10.0 Å². The van der Waals surface area contributed by atoms with Gasteiger partial charge in [0.2, 0.25) is 15.9 Å². The normalized spacial score (nSPS) is 11.5. The van der Waals surface area contributed by atoms with Crippen LogP contribution in [0.3, 0.4) is 0 Å². The third kappa shape index (κ3) is 5.83. The molecule has 3 rings (SSSR count). The van der Waals surface area contributed by atoms with Crippen LogP contribution in [-0.4, -0.2) is 25.2 Å². The second-order valence-electron chi connectivity index (χ2n) is 6.85. The molecule has 1 N–H and O–H groups in total. The fourth-order valence-electron chi connectivity index (χ4n) is 2.84. The van der Waals surface area contributed by atoms with Crippen LogP contribution in [0.1, 0.15) is 11.1 Å². The molecule has 162 valence electrons. The van der Waals surface area contributed by atoms with Crippen molar-refractivity contribution in [3.05, 3.63) is 93.7 Å². The van der Waals surface area contributed by atoms with Crippen molar-refractivity contribution in [2.24, 2.45) is 0 Å². The van der Waals surface area contributed by atoms with Crippen molar-refractivity contribution in [2.75, 3.05) is 11.9 Å². The first-order valence-corrected chi connectivity index (χ1v) is 11.4. The molecule has 0 aliphatic rings. The van der Waals surface area contributed by atoms with E-state index < -0.39 is 28.3 Å². The SMILES string of the molecule is Cc1ccc(S(=O)(=O)N(CC(=O)Nc2ccc(Cl)cc2Cl)Cc2ccccc2F)cc1. The second-order valence-corrected chi connectivity index (χ2v) is 9.63. The number of amides is 1. The van der Waals surface area contributed by atoms with E-state index in [2.05, 4.69) is 5.32 Å². The minimum atomic E-state index is -4.09. The van der Waals surface area contributed by atoms with Crippen LogP contribution in [0.15, 0.2) is 71.6 Å². The number of anilines is 1. The summed E-state index contributed by atoms with van der Waals surface area (Å²) in [5, 5.41) is 3.18. The van der Waals surface area contributed by atoms with E-state index in [0.29, 0.717) is 5.02 Å². The summed E-state index contributed by atoms with van der Waals surface area (Å²) in [6.07, 6.45) is 0. The highest BCUT2D eigenvalue weighted by Crippen LogP contribution is 2.26. The van der Waals surface area contributed by atoms with Gasteiger partial charge in [0.05, 0.1) is 22.2 Å². The van der Waals surface area contributed by atoms with Gasteiger partial charge in [-0.25, -0.2) is 12.8 Å². The summed E-state index contributed by atoms with van der Waals surface area (Å²) in [5.41, 5.74) is 1.32. The summed E-state index contributed by atoms with van der Waals surface area (Å²) >= 11 is 11.9. The van der Waals surface area contributed by atoms with Crippen LogP contribution in [-0.2, 0) is 21.4 Å². The van der Waals surface area contributed by atoms with Gasteiger partial charge < -0.3 is 5.32 Å². The number of halogens is 3. The third-order valence-corrected chi connectivity index (χ3v) is 6.84. The number of aryl methyl sites for hydroxylation is 1. The van der Waals surface area contributed by atoms with Crippen molar-refractivity contribution in [3.63, 3.8) is 0 Å². The molecule has 9 heteroatoms. The van der Waals surface area contributed by atoms with E-state index >= 15 is 0 Å². The van der Waals surface area contributed by atoms with Gasteiger partial charge in [-0.2, -0.15) is 4.31 Å². The highest BCUT2D eigenvalue weighted by Gasteiger charge is 2.28. The summed E-state index contributed by atoms with van der Waals surface area (Å²) in [7, 11) is -4.09. The van der Waals surface area contributed by atoms with Crippen LogP contribution in [0.25, 0.3) is 0 Å². The summed E-state index contributed by atoms with van der Waals surface area (Å²) in [6, 6.07) is 16.5. The lowest BCUT2D eigenvalue weighted by Gasteiger charge is -2.22. The van der Waals surface area contributed by atoms with Gasteiger partial charge >= 0.3 is 0 Å². The van der Waals surface area contributed by atoms with Crippen LogP contribution in [0.4, 0.5) is 10.1 Å². The fourth-order valence-corrected chi connectivity index (χ4v) is 4.67. The molecule has 3 aromatic rings. The smallest absolute Gasteiger partial charge is 0.243 e. The van der Waals surface area contributed by atoms with Gasteiger partial charge in [0.1, 0.15) is 5.82 Å². The first kappa shape index (κ1) is 23.2. The Labute approximate surface area is 190 Å². The molecule has 0 bridgehead atoms. The van der Waals surface area contributed by atoms with Gasteiger partial charge in [-0.05, 0) is 43.3 Å². The minimum Gasteiger partial charge on any atom is -0.324 e. The molecule has 0 spiro atoms. The summed E-state index contributed by atoms with van der Waals surface area (Å²) in [4.78, 5) is 12.7. The molecule has 0 aliphatic heterocycles. The molecular formula is C22H19Cl2FN2O3S. The zero-order chi connectivity index (χ0) is 22.6. The molecule has 0 heterocycles. The minimum absolute atomic E-state index is 0.00626. The zero-order valence-corrected chi connectivity index (χ0v) is 18.8. The van der Waals surface area contributed by atoms with E-state index in [1.165, 1.54) is 42.5 Å². The van der Waals surface area contributed by atoms with Gasteiger partial charge in [0.15, 0.2) is 0 Å². The topological polar surface area (TPSA) is 66.5 Å². The average molecular weight is 481 g/mol. The molecule has 0 aromatic heterocycles. The number of rotatable bonds is 7. The molecule has 5 nitrogen and oxygen atoms in total. The number of carbonyl (C=O) groups is 1. The number of sulfonamides is 1. The lowest BCUT2D eigenvalue weighted by atomic mass is 10.2. The van der Waals surface area contributed by atoms with E-state index in [9.17, 15) is 17.6 Å². The maximum absolute atomic E-state index is 14.2. The lowest BCUT2D eigenvalue weighted by Crippen LogP contribution is -2.37. The number of carbonyl (C=O) groups excluding carboxylic acids is 1. The Kier molecular flexibility index (Phi) is 7.33. The van der Waals surface area contributed by atoms with Crippen molar-refractivity contribution in [3.8, 4) is 0 Å². The number of nitrogens with one attached hydrogen (secondary N) is 1. The first-order chi connectivity index (χ1) is 14.7. The molecule has 0 saturated heterocycles. The first-order valence-electron chi connectivity index (χ1n) is 9.22. The largest absolute Gasteiger partial charge is 0.324 e. The summed E-state index contributed by atoms with van der Waals surface area (Å²) < 4.78 is 41.6. The molecule has 1 amide bonds. The number of nitrogens with zero attached hydrogens (tertiary/aromatic N) is 1. The Morgan fingerprint density at radius 2 is 1.71 bits per heavy atom. The second kappa shape index (κ2) is 9.78. The average Bonchev–Trinajstić information content (AvgIpc) is 2.71. The summed E-state index contributed by atoms with van der Waals surface area (Å²) in [6.45, 7) is 0.977. The van der Waals surface area contributed by atoms with Gasteiger partial charge in [-0.3, -0.25) is 4.79 Å². The van der Waals surface area contributed by atoms with Crippen LogP contribution >= 0.6 is 23.2 Å². The molecule has 0 saturated carbocycles. The maximum atomic E-state index is 14.2. The Bertz CT molecular complexity index is 1200. The fraction of sp³-hybridized carbons (Fsp3) is 0.136. The predicted octanol–water partition coefficient (Wildman–Crippen LogP) is 5.27. The quantitative estimate of drug-likeness (QED) is 0.500. The predicted molar refractivity (Wildman–Crippen MR) is 120 cm³/mol. The van der Waals surface area contributed by atoms with Crippen molar-refractivity contribution in [1.82, 2.24) is 4.31 Å². The Hall–Kier alpha value is -2.45. The molecule has 0 radical (unpaired) electrons. The third-order valence-electron chi connectivity index (χ3n) is 4.49. The van der Waals surface area contributed by atoms with Crippen LogP contribution in [0, 0.1) is 12.7 Å². The number of hydrogen-bond donors (Lipinski definition) is 1. The molecule has 3 aromatic carbocycles. The van der Waals surface area contributed by atoms with Gasteiger partial charge in [0, 0.05) is 17.1 Å². The van der Waals surface area contributed by atoms with Gasteiger partial charge in [0.25, 0.3) is 0 Å². The maximum Gasteiger partial charge on any atom is 0.243 e. The lowest BCUT2D eigenvalue weighted by molar-refractivity contribution is -0.116. The van der Waals surface area contributed by atoms with Crippen molar-refractivity contribution in [2.45, 2.75) is 18.4 Å². The molecule has 0 atom stereocenters. The Balaban J connectivity index is 1.90. The molecule has 0 fully saturated rings. The van der Waals surface area contributed by atoms with Gasteiger partial charge in [-0.15, -0.1) is 0 Å². The Morgan fingerprint density at radius 1 is 1.03 bits per heavy atom. The Morgan fingerprint density at radius 3 is 2.35 bits per heavy atom. The highest BCUT2D eigenvalue weighted by molar-refractivity contribution is 7.89. The van der Waals surface area contributed by atoms with E-state index in [0.717, 1.165) is 9.87 Å². The molecule has 0 unspecified atom stereocenters. The summed E-state index contributed by atoms with van der Waals surface area (Å²) in [5.74, 6) is -1.19. The number of benzene rings is 3. The van der Waals surface area contributed by atoms with Crippen molar-refractivity contribution >= 4 is 44.8 Å². The molecule has 31 heavy (non-hydrogen) atoms. The van der Waals surface area contributed by atoms with Crippen molar-refractivity contribution in [1.29, 1.82) is 0 Å². The van der Waals surface area contributed by atoms with Crippen molar-refractivity contribution < 1.29 is 17.6 Å². The highest BCUT2D eigenvalue weighted by atomic mass is 35.5. The van der Waals surface area contributed by atoms with Crippen LogP contribution in [0.5, 0.6) is 0 Å². The van der Waals surface area contributed by atoms with E-state index in [1.54, 1.807) is 24.3 Å². The van der Waals surface area contributed by atoms with E-state index in [4.69, 9.17) is 23.2 Å². The standard InChI is InChI=1S/C22H19Cl2FN2O3S/c1-15-6-9-18(10-7-15)31(29,30)27(13-16-4-2-3-5-20(16)25)14-22(28)26-21-11-8-17(23)12-19(21)24/h2-12H,13-14H2,1H3,(H,26,28). The molecule has 0 aliphatic carbocycles. The zero-order valence-electron chi connectivity index (χ0n) is 16.5. The monoisotopic (exact) mass is 480 g/mol. The molecular weight excluding hydrogens is 462 g/mol. The number of hydrogen-bond acceptors (Lipinski definition) is 3. The van der Waals surface area contributed by atoms with Gasteiger partial charge in [-0.1, -0.05) is 59.1 Å². The van der Waals surface area contributed by atoms with E-state index in [-0.39, 0.29) is 27.7 Å². The van der Waals surface area contributed by atoms with Crippen LogP contribution < -0.4 is 5.32 Å². The van der Waals surface area contributed by atoms with E-state index in [1.807, 2.05) is 6.92 Å².